The lowest BCUT2D eigenvalue weighted by molar-refractivity contribution is -0.154. The quantitative estimate of drug-likeness (QED) is 0.704. The zero-order valence-electron chi connectivity index (χ0n) is 16.5. The van der Waals surface area contributed by atoms with Crippen LogP contribution in [0.2, 0.25) is 0 Å². The Balaban J connectivity index is 1.61. The molecule has 2 aromatic carbocycles. The Kier molecular flexibility index (Phi) is 7.00. The summed E-state index contributed by atoms with van der Waals surface area (Å²) in [6.07, 6.45) is 1.12. The van der Waals surface area contributed by atoms with Gasteiger partial charge in [-0.3, -0.25) is 14.4 Å². The summed E-state index contributed by atoms with van der Waals surface area (Å²) in [5.41, 5.74) is 1.63. The number of hydrogen-bond donors (Lipinski definition) is 0. The summed E-state index contributed by atoms with van der Waals surface area (Å²) in [6, 6.07) is 18.7. The lowest BCUT2D eigenvalue weighted by Gasteiger charge is -2.30. The molecular formula is C23H25NO5. The van der Waals surface area contributed by atoms with Crippen molar-refractivity contribution in [2.75, 3.05) is 26.8 Å². The van der Waals surface area contributed by atoms with Crippen LogP contribution in [-0.2, 0) is 23.9 Å². The maximum atomic E-state index is 12.9. The second-order valence-corrected chi connectivity index (χ2v) is 7.04. The van der Waals surface area contributed by atoms with Crippen LogP contribution in [0.5, 0.6) is 0 Å². The molecule has 29 heavy (non-hydrogen) atoms. The lowest BCUT2D eigenvalue weighted by atomic mass is 9.91. The fraction of sp³-hybridized carbons (Fsp3) is 0.348. The number of amides is 1. The normalized spacial score (nSPS) is 14.5. The summed E-state index contributed by atoms with van der Waals surface area (Å²) in [5.74, 6) is -1.71. The molecule has 0 N–H and O–H groups in total. The zero-order chi connectivity index (χ0) is 20.6. The third kappa shape index (κ3) is 5.22. The first-order chi connectivity index (χ1) is 14.1. The Morgan fingerprint density at radius 1 is 0.931 bits per heavy atom. The molecule has 1 aliphatic rings. The first-order valence-corrected chi connectivity index (χ1v) is 9.72. The van der Waals surface area contributed by atoms with Gasteiger partial charge in [-0.25, -0.2) is 0 Å². The van der Waals surface area contributed by atoms with Gasteiger partial charge in [-0.15, -0.1) is 0 Å². The number of carbonyl (C=O) groups is 3. The van der Waals surface area contributed by atoms with Gasteiger partial charge in [-0.2, -0.15) is 0 Å². The van der Waals surface area contributed by atoms with Crippen molar-refractivity contribution < 1.29 is 23.9 Å². The van der Waals surface area contributed by atoms with Crippen LogP contribution in [0.3, 0.4) is 0 Å². The third-order valence-electron chi connectivity index (χ3n) is 5.22. The highest BCUT2D eigenvalue weighted by atomic mass is 16.5. The van der Waals surface area contributed by atoms with E-state index in [-0.39, 0.29) is 24.4 Å². The minimum atomic E-state index is -0.588. The Labute approximate surface area is 170 Å². The molecule has 0 aliphatic carbocycles. The van der Waals surface area contributed by atoms with Crippen molar-refractivity contribution in [3.8, 4) is 0 Å². The number of benzene rings is 2. The van der Waals surface area contributed by atoms with Crippen molar-refractivity contribution in [1.29, 1.82) is 0 Å². The average molecular weight is 395 g/mol. The van der Waals surface area contributed by atoms with E-state index in [1.165, 1.54) is 7.11 Å². The van der Waals surface area contributed by atoms with E-state index in [1.807, 2.05) is 60.7 Å². The predicted molar refractivity (Wildman–Crippen MR) is 107 cm³/mol. The molecular weight excluding hydrogens is 370 g/mol. The van der Waals surface area contributed by atoms with Crippen LogP contribution in [0, 0.1) is 5.92 Å². The Bertz CT molecular complexity index is 789. The molecule has 1 fully saturated rings. The van der Waals surface area contributed by atoms with Crippen molar-refractivity contribution >= 4 is 17.8 Å². The fourth-order valence-corrected chi connectivity index (χ4v) is 3.59. The number of hydrogen-bond acceptors (Lipinski definition) is 5. The largest absolute Gasteiger partial charge is 0.469 e. The van der Waals surface area contributed by atoms with Gasteiger partial charge in [-0.1, -0.05) is 60.7 Å². The first-order valence-electron chi connectivity index (χ1n) is 9.72. The van der Waals surface area contributed by atoms with Gasteiger partial charge in [-0.05, 0) is 24.0 Å². The molecule has 1 heterocycles. The highest BCUT2D eigenvalue weighted by molar-refractivity contribution is 5.86. The van der Waals surface area contributed by atoms with E-state index in [0.717, 1.165) is 11.1 Å². The highest BCUT2D eigenvalue weighted by Crippen LogP contribution is 2.26. The molecule has 0 spiro atoms. The Morgan fingerprint density at radius 2 is 1.45 bits per heavy atom. The number of carbonyl (C=O) groups excluding carboxylic acids is 3. The smallest absolute Gasteiger partial charge is 0.318 e. The maximum absolute atomic E-state index is 12.9. The maximum Gasteiger partial charge on any atom is 0.318 e. The van der Waals surface area contributed by atoms with Gasteiger partial charge in [0, 0.05) is 13.1 Å². The molecule has 0 unspecified atom stereocenters. The standard InChI is InChI=1S/C23H25NO5/c1-28-22(26)19-12-14-24(15-13-19)20(25)16-29-23(27)21(17-8-4-2-5-9-17)18-10-6-3-7-11-18/h2-11,19,21H,12-16H2,1H3. The predicted octanol–water partition coefficient (Wildman–Crippen LogP) is 2.77. The van der Waals surface area contributed by atoms with Crippen LogP contribution >= 0.6 is 0 Å². The number of piperidine rings is 1. The van der Waals surface area contributed by atoms with E-state index in [0.29, 0.717) is 25.9 Å². The average Bonchev–Trinajstić information content (AvgIpc) is 2.78. The number of ether oxygens (including phenoxy) is 2. The van der Waals surface area contributed by atoms with Gasteiger partial charge in [0.2, 0.25) is 0 Å². The van der Waals surface area contributed by atoms with E-state index in [2.05, 4.69) is 0 Å². The Hall–Kier alpha value is -3.15. The minimum Gasteiger partial charge on any atom is -0.469 e. The SMILES string of the molecule is COC(=O)C1CCN(C(=O)COC(=O)C(c2ccccc2)c2ccccc2)CC1. The van der Waals surface area contributed by atoms with Crippen molar-refractivity contribution in [3.63, 3.8) is 0 Å². The monoisotopic (exact) mass is 395 g/mol. The van der Waals surface area contributed by atoms with Crippen molar-refractivity contribution in [3.05, 3.63) is 71.8 Å². The van der Waals surface area contributed by atoms with Crippen LogP contribution in [0.15, 0.2) is 60.7 Å². The van der Waals surface area contributed by atoms with Crippen LogP contribution in [0.4, 0.5) is 0 Å². The summed E-state index contributed by atoms with van der Waals surface area (Å²) in [7, 11) is 1.37. The molecule has 3 rings (SSSR count). The number of esters is 2. The second kappa shape index (κ2) is 9.87. The van der Waals surface area contributed by atoms with E-state index < -0.39 is 11.9 Å². The summed E-state index contributed by atoms with van der Waals surface area (Å²) < 4.78 is 10.2. The molecule has 0 atom stereocenters. The summed E-state index contributed by atoms with van der Waals surface area (Å²) in [4.78, 5) is 38.6. The van der Waals surface area contributed by atoms with Crippen molar-refractivity contribution in [1.82, 2.24) is 4.90 Å². The van der Waals surface area contributed by atoms with Gasteiger partial charge in [0.25, 0.3) is 5.91 Å². The molecule has 1 aliphatic heterocycles. The molecule has 1 amide bonds. The Morgan fingerprint density at radius 3 is 1.93 bits per heavy atom. The molecule has 0 aromatic heterocycles. The van der Waals surface area contributed by atoms with Gasteiger partial charge < -0.3 is 14.4 Å². The van der Waals surface area contributed by atoms with Crippen LogP contribution in [0.1, 0.15) is 29.9 Å². The molecule has 1 saturated heterocycles. The number of rotatable bonds is 6. The molecule has 152 valence electrons. The third-order valence-corrected chi connectivity index (χ3v) is 5.22. The summed E-state index contributed by atoms with van der Waals surface area (Å²) >= 11 is 0. The van der Waals surface area contributed by atoms with Gasteiger partial charge in [0.15, 0.2) is 6.61 Å². The molecule has 2 aromatic rings. The number of nitrogens with zero attached hydrogens (tertiary/aromatic N) is 1. The van der Waals surface area contributed by atoms with Crippen molar-refractivity contribution in [2.45, 2.75) is 18.8 Å². The van der Waals surface area contributed by atoms with E-state index in [4.69, 9.17) is 9.47 Å². The van der Waals surface area contributed by atoms with E-state index in [1.54, 1.807) is 4.90 Å². The molecule has 6 heteroatoms. The molecule has 0 bridgehead atoms. The van der Waals surface area contributed by atoms with Crippen LogP contribution in [0.25, 0.3) is 0 Å². The first kappa shape index (κ1) is 20.6. The minimum absolute atomic E-state index is 0.174. The summed E-state index contributed by atoms with van der Waals surface area (Å²) in [5, 5.41) is 0. The molecule has 6 nitrogen and oxygen atoms in total. The van der Waals surface area contributed by atoms with Crippen LogP contribution < -0.4 is 0 Å². The zero-order valence-corrected chi connectivity index (χ0v) is 16.5. The van der Waals surface area contributed by atoms with Crippen molar-refractivity contribution in [2.24, 2.45) is 5.92 Å². The van der Waals surface area contributed by atoms with Gasteiger partial charge in [0.1, 0.15) is 5.92 Å². The van der Waals surface area contributed by atoms with Crippen LogP contribution in [-0.4, -0.2) is 49.6 Å². The van der Waals surface area contributed by atoms with E-state index in [9.17, 15) is 14.4 Å². The molecule has 0 saturated carbocycles. The van der Waals surface area contributed by atoms with Gasteiger partial charge >= 0.3 is 11.9 Å². The van der Waals surface area contributed by atoms with E-state index >= 15 is 0 Å². The fourth-order valence-electron chi connectivity index (χ4n) is 3.59. The lowest BCUT2D eigenvalue weighted by Crippen LogP contribution is -2.42. The second-order valence-electron chi connectivity index (χ2n) is 7.04. The van der Waals surface area contributed by atoms with Gasteiger partial charge in [0.05, 0.1) is 13.0 Å². The number of methoxy groups -OCH3 is 1. The number of likely N-dealkylation sites (tertiary alicyclic amines) is 1. The molecule has 0 radical (unpaired) electrons. The topological polar surface area (TPSA) is 72.9 Å². The summed E-state index contributed by atoms with van der Waals surface area (Å²) in [6.45, 7) is 0.603. The highest BCUT2D eigenvalue weighted by Gasteiger charge is 2.29.